The zero-order valence-corrected chi connectivity index (χ0v) is 10.0. The van der Waals surface area contributed by atoms with Crippen LogP contribution in [-0.4, -0.2) is 38.7 Å². The number of amides is 1. The summed E-state index contributed by atoms with van der Waals surface area (Å²) in [6.45, 7) is 2.20. The van der Waals surface area contributed by atoms with Crippen molar-refractivity contribution in [1.82, 2.24) is 14.1 Å². The van der Waals surface area contributed by atoms with E-state index in [0.29, 0.717) is 18.1 Å². The molecule has 0 unspecified atom stereocenters. The number of nitrogens with zero attached hydrogens (tertiary/aromatic N) is 2. The third kappa shape index (κ3) is 4.59. The van der Waals surface area contributed by atoms with Crippen molar-refractivity contribution in [2.24, 2.45) is 0 Å². The fourth-order valence-electron chi connectivity index (χ4n) is 0.867. The largest absolute Gasteiger partial charge is 0.395 e. The first-order chi connectivity index (χ1) is 7.24. The van der Waals surface area contributed by atoms with Gasteiger partial charge in [-0.15, -0.1) is 11.8 Å². The van der Waals surface area contributed by atoms with E-state index in [1.54, 1.807) is 0 Å². The number of carbonyl (C=O) groups is 1. The number of aromatic nitrogens is 2. The lowest BCUT2D eigenvalue weighted by atomic mass is 10.4. The molecule has 0 aliphatic carbocycles. The molecule has 84 valence electrons. The number of carbonyl (C=O) groups excluding carboxylic acids is 1. The lowest BCUT2D eigenvalue weighted by molar-refractivity contribution is -0.118. The molecule has 0 saturated carbocycles. The Balaban J connectivity index is 2.16. The highest BCUT2D eigenvalue weighted by atomic mass is 32.2. The minimum atomic E-state index is -0.0603. The molecule has 0 radical (unpaired) electrons. The van der Waals surface area contributed by atoms with Gasteiger partial charge in [0.05, 0.1) is 35.5 Å². The zero-order valence-electron chi connectivity index (χ0n) is 8.39. The standard InChI is InChI=1S/C8H13N3O2S2/c1-6-7(11-15-10-6)4-14-5-8(13)9-2-3-12/h12H,2-5H2,1H3,(H,9,13). The Morgan fingerprint density at radius 2 is 2.40 bits per heavy atom. The summed E-state index contributed by atoms with van der Waals surface area (Å²) in [4.78, 5) is 11.1. The lowest BCUT2D eigenvalue weighted by Gasteiger charge is -2.01. The minimum absolute atomic E-state index is 0.0223. The lowest BCUT2D eigenvalue weighted by Crippen LogP contribution is -2.27. The number of aliphatic hydroxyl groups is 1. The van der Waals surface area contributed by atoms with E-state index < -0.39 is 0 Å². The fourth-order valence-corrected chi connectivity index (χ4v) is 2.37. The number of thioether (sulfide) groups is 1. The number of hydrogen-bond acceptors (Lipinski definition) is 6. The molecular weight excluding hydrogens is 234 g/mol. The second kappa shape index (κ2) is 6.76. The average Bonchev–Trinajstić information content (AvgIpc) is 2.61. The van der Waals surface area contributed by atoms with E-state index >= 15 is 0 Å². The summed E-state index contributed by atoms with van der Waals surface area (Å²) in [5.74, 6) is 1.03. The summed E-state index contributed by atoms with van der Waals surface area (Å²) in [7, 11) is 0. The normalized spacial score (nSPS) is 10.3. The molecule has 0 spiro atoms. The highest BCUT2D eigenvalue weighted by Crippen LogP contribution is 2.13. The van der Waals surface area contributed by atoms with Gasteiger partial charge in [0, 0.05) is 12.3 Å². The van der Waals surface area contributed by atoms with Crippen LogP contribution in [0.4, 0.5) is 0 Å². The highest BCUT2D eigenvalue weighted by Gasteiger charge is 2.05. The van der Waals surface area contributed by atoms with E-state index in [2.05, 4.69) is 14.1 Å². The van der Waals surface area contributed by atoms with Gasteiger partial charge in [0.15, 0.2) is 0 Å². The van der Waals surface area contributed by atoms with Gasteiger partial charge in [-0.25, -0.2) is 0 Å². The molecule has 0 atom stereocenters. The van der Waals surface area contributed by atoms with Gasteiger partial charge < -0.3 is 10.4 Å². The minimum Gasteiger partial charge on any atom is -0.395 e. The molecule has 5 nitrogen and oxygen atoms in total. The van der Waals surface area contributed by atoms with Crippen molar-refractivity contribution in [3.8, 4) is 0 Å². The van der Waals surface area contributed by atoms with Gasteiger partial charge in [0.1, 0.15) is 0 Å². The number of aliphatic hydroxyl groups excluding tert-OH is 1. The molecule has 1 amide bonds. The molecule has 0 aliphatic rings. The summed E-state index contributed by atoms with van der Waals surface area (Å²) >= 11 is 2.69. The van der Waals surface area contributed by atoms with E-state index in [1.807, 2.05) is 6.92 Å². The van der Waals surface area contributed by atoms with E-state index in [4.69, 9.17) is 5.11 Å². The van der Waals surface area contributed by atoms with Gasteiger partial charge in [0.25, 0.3) is 0 Å². The van der Waals surface area contributed by atoms with E-state index in [0.717, 1.165) is 11.4 Å². The third-order valence-corrected chi connectivity index (χ3v) is 3.25. The predicted octanol–water partition coefficient (Wildman–Crippen LogP) is 0.188. The van der Waals surface area contributed by atoms with Gasteiger partial charge in [-0.3, -0.25) is 4.79 Å². The van der Waals surface area contributed by atoms with Crippen LogP contribution in [0.1, 0.15) is 11.4 Å². The summed E-state index contributed by atoms with van der Waals surface area (Å²) in [5, 5.41) is 11.1. The Labute approximate surface area is 96.6 Å². The molecule has 0 aliphatic heterocycles. The molecule has 2 N–H and O–H groups in total. The molecule has 0 fully saturated rings. The summed E-state index contributed by atoms with van der Waals surface area (Å²) in [5.41, 5.74) is 1.88. The molecule has 1 aromatic heterocycles. The van der Waals surface area contributed by atoms with Crippen LogP contribution in [0.15, 0.2) is 0 Å². The van der Waals surface area contributed by atoms with E-state index in [1.165, 1.54) is 23.5 Å². The van der Waals surface area contributed by atoms with Gasteiger partial charge in [-0.1, -0.05) is 0 Å². The van der Waals surface area contributed by atoms with Gasteiger partial charge in [-0.05, 0) is 6.92 Å². The molecule has 1 rings (SSSR count). The van der Waals surface area contributed by atoms with Crippen molar-refractivity contribution in [3.05, 3.63) is 11.4 Å². The van der Waals surface area contributed by atoms with Crippen LogP contribution < -0.4 is 5.32 Å². The molecule has 1 aromatic rings. The van der Waals surface area contributed by atoms with Gasteiger partial charge >= 0.3 is 0 Å². The Morgan fingerprint density at radius 1 is 1.60 bits per heavy atom. The first-order valence-corrected chi connectivity index (χ1v) is 6.36. The molecule has 0 bridgehead atoms. The monoisotopic (exact) mass is 247 g/mol. The highest BCUT2D eigenvalue weighted by molar-refractivity contribution is 7.99. The Bertz CT molecular complexity index is 317. The number of aryl methyl sites for hydroxylation is 1. The van der Waals surface area contributed by atoms with E-state index in [9.17, 15) is 4.79 Å². The maximum atomic E-state index is 11.1. The van der Waals surface area contributed by atoms with Crippen LogP contribution in [0.25, 0.3) is 0 Å². The Morgan fingerprint density at radius 3 is 3.00 bits per heavy atom. The molecule has 1 heterocycles. The Kier molecular flexibility index (Phi) is 5.59. The molecule has 0 aromatic carbocycles. The SMILES string of the molecule is Cc1nsnc1CSCC(=O)NCCO. The van der Waals surface area contributed by atoms with Crippen molar-refractivity contribution in [2.75, 3.05) is 18.9 Å². The maximum absolute atomic E-state index is 11.1. The summed E-state index contributed by atoms with van der Waals surface area (Å²) < 4.78 is 8.16. The maximum Gasteiger partial charge on any atom is 0.230 e. The molecular formula is C8H13N3O2S2. The van der Waals surface area contributed by atoms with Gasteiger partial charge in [0.2, 0.25) is 5.91 Å². The summed E-state index contributed by atoms with van der Waals surface area (Å²) in [6, 6.07) is 0. The van der Waals surface area contributed by atoms with Crippen LogP contribution in [0.2, 0.25) is 0 Å². The van der Waals surface area contributed by atoms with Crippen LogP contribution in [0, 0.1) is 6.92 Å². The van der Waals surface area contributed by atoms with Crippen molar-refractivity contribution in [3.63, 3.8) is 0 Å². The van der Waals surface area contributed by atoms with Crippen molar-refractivity contribution in [2.45, 2.75) is 12.7 Å². The van der Waals surface area contributed by atoms with Crippen molar-refractivity contribution < 1.29 is 9.90 Å². The zero-order chi connectivity index (χ0) is 11.1. The van der Waals surface area contributed by atoms with E-state index in [-0.39, 0.29) is 12.5 Å². The molecule has 7 heteroatoms. The third-order valence-electron chi connectivity index (χ3n) is 1.65. The first kappa shape index (κ1) is 12.4. The van der Waals surface area contributed by atoms with Crippen LogP contribution >= 0.6 is 23.5 Å². The van der Waals surface area contributed by atoms with Gasteiger partial charge in [-0.2, -0.15) is 8.75 Å². The number of rotatable bonds is 6. The second-order valence-electron chi connectivity index (χ2n) is 2.86. The predicted molar refractivity (Wildman–Crippen MR) is 60.9 cm³/mol. The smallest absolute Gasteiger partial charge is 0.230 e. The fraction of sp³-hybridized carbons (Fsp3) is 0.625. The first-order valence-electron chi connectivity index (χ1n) is 4.47. The second-order valence-corrected chi connectivity index (χ2v) is 4.38. The van der Waals surface area contributed by atoms with Crippen molar-refractivity contribution >= 4 is 29.4 Å². The topological polar surface area (TPSA) is 75.1 Å². The number of hydrogen-bond donors (Lipinski definition) is 2. The van der Waals surface area contributed by atoms with Crippen molar-refractivity contribution in [1.29, 1.82) is 0 Å². The molecule has 15 heavy (non-hydrogen) atoms. The summed E-state index contributed by atoms with van der Waals surface area (Å²) in [6.07, 6.45) is 0. The average molecular weight is 247 g/mol. The number of nitrogens with one attached hydrogen (secondary N) is 1. The quantitative estimate of drug-likeness (QED) is 0.750. The Hall–Kier alpha value is -0.660. The molecule has 0 saturated heterocycles. The van der Waals surface area contributed by atoms with Crippen LogP contribution in [0.5, 0.6) is 0 Å². The van der Waals surface area contributed by atoms with Crippen LogP contribution in [-0.2, 0) is 10.5 Å². The van der Waals surface area contributed by atoms with Crippen LogP contribution in [0.3, 0.4) is 0 Å².